The zero-order valence-corrected chi connectivity index (χ0v) is 5.24. The van der Waals surface area contributed by atoms with E-state index in [1.54, 1.807) is 0 Å². The molecule has 1 heterocycles. The largest absolute Gasteiger partial charge is 0.369 e. The second-order valence-electron chi connectivity index (χ2n) is 2.03. The molecule has 0 unspecified atom stereocenters. The molecule has 0 aliphatic carbocycles. The van der Waals surface area contributed by atoms with E-state index in [4.69, 9.17) is 10.7 Å². The van der Waals surface area contributed by atoms with Gasteiger partial charge < -0.3 is 4.84 Å². The van der Waals surface area contributed by atoms with Gasteiger partial charge in [0.15, 0.2) is 5.75 Å². The van der Waals surface area contributed by atoms with E-state index >= 15 is 0 Å². The Labute approximate surface area is 58.1 Å². The number of nitrogens with two attached hydrogens (primary N) is 1. The first-order valence-corrected chi connectivity index (χ1v) is 2.95. The number of hydrogen-bond donors (Lipinski definition) is 2. The quantitative estimate of drug-likeness (QED) is 0.511. The van der Waals surface area contributed by atoms with Gasteiger partial charge in [-0.2, -0.15) is 0 Å². The molecule has 3 N–H and O–H groups in total. The Balaban J connectivity index is 2.42. The summed E-state index contributed by atoms with van der Waals surface area (Å²) < 4.78 is 0. The predicted molar refractivity (Wildman–Crippen MR) is 36.7 cm³/mol. The monoisotopic (exact) mass is 137 g/mol. The summed E-state index contributed by atoms with van der Waals surface area (Å²) in [6.07, 6.45) is 0. The lowest BCUT2D eigenvalue weighted by Crippen LogP contribution is -2.34. The van der Waals surface area contributed by atoms with Crippen molar-refractivity contribution in [1.29, 1.82) is 0 Å². The number of hydrazine groups is 2. The fourth-order valence-corrected chi connectivity index (χ4v) is 0.886. The number of fused-ring (bicyclic) bond motifs is 1. The lowest BCUT2D eigenvalue weighted by atomic mass is 10.3. The summed E-state index contributed by atoms with van der Waals surface area (Å²) in [5.41, 5.74) is 3.68. The molecule has 1 aromatic rings. The highest BCUT2D eigenvalue weighted by Crippen LogP contribution is 2.28. The lowest BCUT2D eigenvalue weighted by Gasteiger charge is -2.03. The van der Waals surface area contributed by atoms with E-state index in [9.17, 15) is 0 Å². The summed E-state index contributed by atoms with van der Waals surface area (Å²) in [6.45, 7) is 0. The van der Waals surface area contributed by atoms with Crippen molar-refractivity contribution in [3.05, 3.63) is 24.3 Å². The van der Waals surface area contributed by atoms with E-state index < -0.39 is 0 Å². The number of nitrogens with one attached hydrogen (secondary N) is 1. The second kappa shape index (κ2) is 1.86. The molecule has 4 nitrogen and oxygen atoms in total. The van der Waals surface area contributed by atoms with Gasteiger partial charge in [-0.3, -0.25) is 5.43 Å². The fraction of sp³-hybridized carbons (Fsp3) is 0. The SMILES string of the molecule is NN1Nc2ccccc2O1. The van der Waals surface area contributed by atoms with Crippen molar-refractivity contribution in [3.8, 4) is 5.75 Å². The third-order valence-corrected chi connectivity index (χ3v) is 1.31. The van der Waals surface area contributed by atoms with Crippen LogP contribution in [0.3, 0.4) is 0 Å². The van der Waals surface area contributed by atoms with Crippen molar-refractivity contribution in [2.75, 3.05) is 5.43 Å². The summed E-state index contributed by atoms with van der Waals surface area (Å²) in [5, 5.41) is 1.07. The maximum atomic E-state index is 5.28. The molecular weight excluding hydrogens is 130 g/mol. The molecule has 0 saturated heterocycles. The molecule has 0 radical (unpaired) electrons. The molecular formula is C6H7N3O. The van der Waals surface area contributed by atoms with Gasteiger partial charge in [0.1, 0.15) is 0 Å². The minimum atomic E-state index is 0.755. The van der Waals surface area contributed by atoms with Gasteiger partial charge in [-0.25, -0.2) is 5.84 Å². The Morgan fingerprint density at radius 2 is 2.20 bits per heavy atom. The molecule has 1 aliphatic heterocycles. The van der Waals surface area contributed by atoms with Gasteiger partial charge in [0.25, 0.3) is 0 Å². The van der Waals surface area contributed by atoms with E-state index in [0.29, 0.717) is 0 Å². The third kappa shape index (κ3) is 0.706. The molecule has 0 aromatic heterocycles. The zero-order chi connectivity index (χ0) is 6.97. The van der Waals surface area contributed by atoms with Gasteiger partial charge >= 0.3 is 0 Å². The van der Waals surface area contributed by atoms with Crippen molar-refractivity contribution in [2.45, 2.75) is 0 Å². The normalized spacial score (nSPS) is 15.7. The lowest BCUT2D eigenvalue weighted by molar-refractivity contribution is -0.0149. The van der Waals surface area contributed by atoms with Crippen LogP contribution in [0, 0.1) is 0 Å². The predicted octanol–water partition coefficient (Wildman–Crippen LogP) is 0.497. The van der Waals surface area contributed by atoms with Crippen LogP contribution >= 0.6 is 0 Å². The van der Waals surface area contributed by atoms with Crippen LogP contribution in [-0.4, -0.2) is 5.28 Å². The molecule has 1 aliphatic rings. The van der Waals surface area contributed by atoms with Crippen LogP contribution in [0.1, 0.15) is 0 Å². The first-order valence-electron chi connectivity index (χ1n) is 2.95. The smallest absolute Gasteiger partial charge is 0.176 e. The van der Waals surface area contributed by atoms with E-state index in [2.05, 4.69) is 5.43 Å². The number of para-hydroxylation sites is 2. The van der Waals surface area contributed by atoms with Crippen molar-refractivity contribution in [1.82, 2.24) is 5.28 Å². The van der Waals surface area contributed by atoms with Gasteiger partial charge in [0.05, 0.1) is 5.69 Å². The minimum Gasteiger partial charge on any atom is -0.369 e. The van der Waals surface area contributed by atoms with Gasteiger partial charge in [-0.15, -0.1) is 0 Å². The Hall–Kier alpha value is -1.26. The van der Waals surface area contributed by atoms with Crippen LogP contribution in [0.15, 0.2) is 24.3 Å². The Bertz CT molecular complexity index is 226. The summed E-state index contributed by atoms with van der Waals surface area (Å²) in [5.74, 6) is 6.04. The molecule has 0 atom stereocenters. The number of rotatable bonds is 0. The highest BCUT2D eigenvalue weighted by Gasteiger charge is 2.14. The summed E-state index contributed by atoms with van der Waals surface area (Å²) >= 11 is 0. The van der Waals surface area contributed by atoms with Crippen LogP contribution < -0.4 is 16.1 Å². The van der Waals surface area contributed by atoms with E-state index in [1.165, 1.54) is 0 Å². The summed E-state index contributed by atoms with van der Waals surface area (Å²) in [7, 11) is 0. The van der Waals surface area contributed by atoms with Crippen molar-refractivity contribution < 1.29 is 4.84 Å². The van der Waals surface area contributed by atoms with Crippen LogP contribution in [0.25, 0.3) is 0 Å². The molecule has 2 rings (SSSR count). The van der Waals surface area contributed by atoms with Crippen molar-refractivity contribution >= 4 is 5.69 Å². The zero-order valence-electron chi connectivity index (χ0n) is 5.24. The third-order valence-electron chi connectivity index (χ3n) is 1.31. The van der Waals surface area contributed by atoms with Crippen LogP contribution in [0.5, 0.6) is 5.75 Å². The minimum absolute atomic E-state index is 0.755. The number of nitrogens with zero attached hydrogens (tertiary/aromatic N) is 1. The van der Waals surface area contributed by atoms with E-state index in [1.807, 2.05) is 24.3 Å². The molecule has 0 fully saturated rings. The standard InChI is InChI=1S/C6H7N3O/c7-9-8-5-3-1-2-4-6(5)10-9/h1-4,8H,7H2. The molecule has 52 valence electrons. The topological polar surface area (TPSA) is 50.5 Å². The molecule has 1 aromatic carbocycles. The molecule has 0 amide bonds. The average Bonchev–Trinajstić information content (AvgIpc) is 2.27. The number of anilines is 1. The maximum Gasteiger partial charge on any atom is 0.176 e. The molecule has 4 heteroatoms. The van der Waals surface area contributed by atoms with Gasteiger partial charge in [0.2, 0.25) is 0 Å². The van der Waals surface area contributed by atoms with E-state index in [0.717, 1.165) is 16.7 Å². The van der Waals surface area contributed by atoms with Crippen LogP contribution in [0.2, 0.25) is 0 Å². The Kier molecular flexibility index (Phi) is 1.03. The Morgan fingerprint density at radius 3 is 3.00 bits per heavy atom. The molecule has 0 saturated carbocycles. The maximum absolute atomic E-state index is 5.28. The van der Waals surface area contributed by atoms with Crippen LogP contribution in [-0.2, 0) is 0 Å². The first kappa shape index (κ1) is 5.52. The van der Waals surface area contributed by atoms with Crippen LogP contribution in [0.4, 0.5) is 5.69 Å². The molecule has 0 bridgehead atoms. The fourth-order valence-electron chi connectivity index (χ4n) is 0.886. The van der Waals surface area contributed by atoms with Crippen molar-refractivity contribution in [2.24, 2.45) is 5.84 Å². The van der Waals surface area contributed by atoms with Gasteiger partial charge in [-0.05, 0) is 12.1 Å². The van der Waals surface area contributed by atoms with Crippen molar-refractivity contribution in [3.63, 3.8) is 0 Å². The van der Waals surface area contributed by atoms with E-state index in [-0.39, 0.29) is 0 Å². The molecule has 0 spiro atoms. The van der Waals surface area contributed by atoms with Gasteiger partial charge in [-0.1, -0.05) is 12.1 Å². The number of benzene rings is 1. The number of hydrogen-bond acceptors (Lipinski definition) is 4. The average molecular weight is 137 g/mol. The second-order valence-corrected chi connectivity index (χ2v) is 2.03. The summed E-state index contributed by atoms with van der Waals surface area (Å²) in [6, 6.07) is 7.53. The van der Waals surface area contributed by atoms with Gasteiger partial charge in [0, 0.05) is 5.28 Å². The highest BCUT2D eigenvalue weighted by molar-refractivity contribution is 5.57. The molecule has 10 heavy (non-hydrogen) atoms. The summed E-state index contributed by atoms with van der Waals surface area (Å²) in [4.78, 5) is 5.01. The highest BCUT2D eigenvalue weighted by atomic mass is 16.7. The Morgan fingerprint density at radius 1 is 1.40 bits per heavy atom. The first-order chi connectivity index (χ1) is 4.86.